The van der Waals surface area contributed by atoms with Gasteiger partial charge >= 0.3 is 6.18 Å². The number of aliphatic imine (C=N–C) groups is 1. The number of alkyl halides is 3. The summed E-state index contributed by atoms with van der Waals surface area (Å²) in [5, 5.41) is 10.3. The molecule has 5 nitrogen and oxygen atoms in total. The molecule has 1 saturated carbocycles. The lowest BCUT2D eigenvalue weighted by Crippen LogP contribution is -2.40. The Labute approximate surface area is 163 Å². The maximum Gasteiger partial charge on any atom is 0.391 e. The van der Waals surface area contributed by atoms with Crippen molar-refractivity contribution in [2.45, 2.75) is 52.3 Å². The fraction of sp³-hybridized carbons (Fsp3) is 0.750. The number of nitrogens with zero attached hydrogens (tertiary/aromatic N) is 2. The van der Waals surface area contributed by atoms with Gasteiger partial charge in [-0.05, 0) is 45.4 Å². The monoisotopic (exact) mass is 474 g/mol. The molecule has 0 radical (unpaired) electrons. The van der Waals surface area contributed by atoms with Crippen molar-refractivity contribution < 1.29 is 17.7 Å². The zero-order chi connectivity index (χ0) is 17.7. The quantitative estimate of drug-likeness (QED) is 0.395. The standard InChI is InChI=1S/C16H25F3N4O.HI/c1-10-14(11(2)24-23-10)9-22-15(20-3)21-8-12-4-6-13(7-5-12)16(17,18)19;/h12-13H,4-9H2,1-3H3,(H2,20,21,22);1H. The van der Waals surface area contributed by atoms with Crippen LogP contribution in [0.15, 0.2) is 9.52 Å². The predicted molar refractivity (Wildman–Crippen MR) is 101 cm³/mol. The van der Waals surface area contributed by atoms with Crippen LogP contribution in [0.1, 0.15) is 42.7 Å². The molecule has 0 unspecified atom stereocenters. The van der Waals surface area contributed by atoms with E-state index in [1.54, 1.807) is 7.05 Å². The molecule has 1 aliphatic carbocycles. The van der Waals surface area contributed by atoms with Gasteiger partial charge in [0.25, 0.3) is 0 Å². The minimum atomic E-state index is -4.05. The lowest BCUT2D eigenvalue weighted by molar-refractivity contribution is -0.183. The van der Waals surface area contributed by atoms with Gasteiger partial charge in [0, 0.05) is 25.7 Å². The molecule has 0 saturated heterocycles. The topological polar surface area (TPSA) is 62.5 Å². The molecule has 0 bridgehead atoms. The molecule has 0 atom stereocenters. The molecule has 144 valence electrons. The third-order valence-electron chi connectivity index (χ3n) is 4.71. The Bertz CT molecular complexity index is 547. The number of hydrogen-bond acceptors (Lipinski definition) is 3. The van der Waals surface area contributed by atoms with Gasteiger partial charge in [-0.25, -0.2) is 0 Å². The van der Waals surface area contributed by atoms with Crippen LogP contribution in [0.2, 0.25) is 0 Å². The highest BCUT2D eigenvalue weighted by molar-refractivity contribution is 14.0. The number of guanidine groups is 1. The van der Waals surface area contributed by atoms with E-state index in [-0.39, 0.29) is 42.7 Å². The van der Waals surface area contributed by atoms with Gasteiger partial charge in [0.2, 0.25) is 0 Å². The van der Waals surface area contributed by atoms with Gasteiger partial charge in [0.05, 0.1) is 11.6 Å². The molecular formula is C16H26F3IN4O. The Morgan fingerprint density at radius 3 is 2.32 bits per heavy atom. The smallest absolute Gasteiger partial charge is 0.361 e. The van der Waals surface area contributed by atoms with Gasteiger partial charge in [0.1, 0.15) is 5.76 Å². The molecule has 1 aromatic heterocycles. The molecule has 25 heavy (non-hydrogen) atoms. The largest absolute Gasteiger partial charge is 0.391 e. The molecule has 1 aromatic rings. The average molecular weight is 474 g/mol. The molecule has 1 aliphatic rings. The number of rotatable bonds is 4. The van der Waals surface area contributed by atoms with E-state index in [2.05, 4.69) is 20.8 Å². The van der Waals surface area contributed by atoms with Gasteiger partial charge in [0.15, 0.2) is 5.96 Å². The summed E-state index contributed by atoms with van der Waals surface area (Å²) < 4.78 is 43.2. The lowest BCUT2D eigenvalue weighted by atomic mass is 9.81. The first-order valence-electron chi connectivity index (χ1n) is 8.24. The van der Waals surface area contributed by atoms with Crippen LogP contribution >= 0.6 is 24.0 Å². The number of aryl methyl sites for hydroxylation is 2. The first kappa shape index (κ1) is 22.0. The fourth-order valence-electron chi connectivity index (χ4n) is 3.08. The van der Waals surface area contributed by atoms with Crippen molar-refractivity contribution in [3.63, 3.8) is 0 Å². The van der Waals surface area contributed by atoms with E-state index in [9.17, 15) is 13.2 Å². The molecule has 0 amide bonds. The summed E-state index contributed by atoms with van der Waals surface area (Å²) in [5.74, 6) is 0.515. The minimum Gasteiger partial charge on any atom is -0.361 e. The van der Waals surface area contributed by atoms with Crippen molar-refractivity contribution in [2.75, 3.05) is 13.6 Å². The normalized spacial score (nSPS) is 21.6. The Kier molecular flexibility index (Phi) is 8.49. The summed E-state index contributed by atoms with van der Waals surface area (Å²) in [6.45, 7) is 4.91. The summed E-state index contributed by atoms with van der Waals surface area (Å²) in [5.41, 5.74) is 1.82. The van der Waals surface area contributed by atoms with Gasteiger partial charge < -0.3 is 15.2 Å². The maximum absolute atomic E-state index is 12.7. The summed E-state index contributed by atoms with van der Waals surface area (Å²) in [6.07, 6.45) is -2.41. The molecule has 2 rings (SSSR count). The summed E-state index contributed by atoms with van der Waals surface area (Å²) in [6, 6.07) is 0. The van der Waals surface area contributed by atoms with Crippen LogP contribution in [0, 0.1) is 25.7 Å². The van der Waals surface area contributed by atoms with Crippen molar-refractivity contribution in [2.24, 2.45) is 16.8 Å². The van der Waals surface area contributed by atoms with E-state index in [0.29, 0.717) is 31.9 Å². The molecule has 1 heterocycles. The first-order valence-corrected chi connectivity index (χ1v) is 8.24. The third kappa shape index (κ3) is 6.34. The van der Waals surface area contributed by atoms with Crippen molar-refractivity contribution in [3.05, 3.63) is 17.0 Å². The van der Waals surface area contributed by atoms with Crippen LogP contribution in [-0.2, 0) is 6.54 Å². The van der Waals surface area contributed by atoms with Crippen LogP contribution in [-0.4, -0.2) is 30.9 Å². The highest BCUT2D eigenvalue weighted by atomic mass is 127. The summed E-state index contributed by atoms with van der Waals surface area (Å²) in [4.78, 5) is 4.15. The van der Waals surface area contributed by atoms with E-state index < -0.39 is 12.1 Å². The van der Waals surface area contributed by atoms with E-state index in [1.807, 2.05) is 13.8 Å². The maximum atomic E-state index is 12.7. The van der Waals surface area contributed by atoms with Crippen LogP contribution in [0.4, 0.5) is 13.2 Å². The number of hydrogen-bond donors (Lipinski definition) is 2. The number of aromatic nitrogens is 1. The SMILES string of the molecule is CN=C(NCc1c(C)noc1C)NCC1CCC(C(F)(F)F)CC1.I. The van der Waals surface area contributed by atoms with Crippen LogP contribution in [0.3, 0.4) is 0 Å². The average Bonchev–Trinajstić information content (AvgIpc) is 2.86. The molecule has 2 N–H and O–H groups in total. The summed E-state index contributed by atoms with van der Waals surface area (Å²) in [7, 11) is 1.67. The molecule has 9 heteroatoms. The first-order chi connectivity index (χ1) is 11.3. The second-order valence-corrected chi connectivity index (χ2v) is 6.37. The third-order valence-corrected chi connectivity index (χ3v) is 4.71. The molecule has 0 spiro atoms. The zero-order valence-corrected chi connectivity index (χ0v) is 17.1. The zero-order valence-electron chi connectivity index (χ0n) is 14.7. The van der Waals surface area contributed by atoms with Gasteiger partial charge in [-0.2, -0.15) is 13.2 Å². The van der Waals surface area contributed by atoms with Crippen LogP contribution in [0.5, 0.6) is 0 Å². The predicted octanol–water partition coefficient (Wildman–Crippen LogP) is 3.94. The Morgan fingerprint density at radius 2 is 1.84 bits per heavy atom. The lowest BCUT2D eigenvalue weighted by Gasteiger charge is -2.30. The van der Waals surface area contributed by atoms with E-state index >= 15 is 0 Å². The molecular weight excluding hydrogens is 448 g/mol. The van der Waals surface area contributed by atoms with Gasteiger partial charge in [-0.15, -0.1) is 24.0 Å². The number of halogens is 4. The molecule has 0 aromatic carbocycles. The van der Waals surface area contributed by atoms with Gasteiger partial charge in [-0.3, -0.25) is 4.99 Å². The molecule has 1 fully saturated rings. The summed E-state index contributed by atoms with van der Waals surface area (Å²) >= 11 is 0. The van der Waals surface area contributed by atoms with Crippen molar-refractivity contribution >= 4 is 29.9 Å². The Morgan fingerprint density at radius 1 is 1.20 bits per heavy atom. The molecule has 0 aliphatic heterocycles. The highest BCUT2D eigenvalue weighted by Gasteiger charge is 2.41. The van der Waals surface area contributed by atoms with Crippen molar-refractivity contribution in [3.8, 4) is 0 Å². The minimum absolute atomic E-state index is 0. The highest BCUT2D eigenvalue weighted by Crippen LogP contribution is 2.39. The fourth-order valence-corrected chi connectivity index (χ4v) is 3.08. The van der Waals surface area contributed by atoms with Gasteiger partial charge in [-0.1, -0.05) is 5.16 Å². The second-order valence-electron chi connectivity index (χ2n) is 6.37. The Balaban J connectivity index is 0.00000312. The van der Waals surface area contributed by atoms with Crippen LogP contribution < -0.4 is 10.6 Å². The van der Waals surface area contributed by atoms with Crippen LogP contribution in [0.25, 0.3) is 0 Å². The Hall–Kier alpha value is -1.00. The van der Waals surface area contributed by atoms with Crippen molar-refractivity contribution in [1.82, 2.24) is 15.8 Å². The second kappa shape index (κ2) is 9.63. The number of nitrogens with one attached hydrogen (secondary N) is 2. The van der Waals surface area contributed by atoms with E-state index in [1.165, 1.54) is 0 Å². The van der Waals surface area contributed by atoms with Crippen molar-refractivity contribution in [1.29, 1.82) is 0 Å². The van der Waals surface area contributed by atoms with E-state index in [0.717, 1.165) is 17.0 Å². The van der Waals surface area contributed by atoms with E-state index in [4.69, 9.17) is 4.52 Å².